The Labute approximate surface area is 110 Å². The number of amides is 1. The van der Waals surface area contributed by atoms with Crippen molar-refractivity contribution in [1.29, 1.82) is 0 Å². The van der Waals surface area contributed by atoms with Crippen molar-refractivity contribution >= 4 is 27.5 Å². The smallest absolute Gasteiger partial charge is 0.224 e. The predicted octanol–water partition coefficient (Wildman–Crippen LogP) is 2.78. The molecule has 1 fully saturated rings. The molecule has 2 N–H and O–H groups in total. The van der Waals surface area contributed by atoms with E-state index in [1.807, 2.05) is 24.3 Å². The summed E-state index contributed by atoms with van der Waals surface area (Å²) >= 11 is 3.39. The fourth-order valence-electron chi connectivity index (χ4n) is 2.14. The van der Waals surface area contributed by atoms with Gasteiger partial charge in [-0.3, -0.25) is 4.79 Å². The van der Waals surface area contributed by atoms with Crippen LogP contribution in [0.5, 0.6) is 0 Å². The highest BCUT2D eigenvalue weighted by Crippen LogP contribution is 2.18. The van der Waals surface area contributed by atoms with E-state index in [4.69, 9.17) is 0 Å². The van der Waals surface area contributed by atoms with Crippen molar-refractivity contribution in [3.05, 3.63) is 28.7 Å². The van der Waals surface area contributed by atoms with Gasteiger partial charge >= 0.3 is 0 Å². The first-order chi connectivity index (χ1) is 8.24. The minimum Gasteiger partial charge on any atom is -0.326 e. The minimum absolute atomic E-state index is 0.108. The van der Waals surface area contributed by atoms with Crippen molar-refractivity contribution in [3.8, 4) is 0 Å². The van der Waals surface area contributed by atoms with E-state index < -0.39 is 0 Å². The molecule has 0 aliphatic carbocycles. The zero-order valence-corrected chi connectivity index (χ0v) is 11.3. The molecule has 0 aromatic heterocycles. The summed E-state index contributed by atoms with van der Waals surface area (Å²) in [5.41, 5.74) is 0.855. The van der Waals surface area contributed by atoms with Crippen LogP contribution in [0.25, 0.3) is 0 Å². The lowest BCUT2D eigenvalue weighted by Crippen LogP contribution is -2.32. The van der Waals surface area contributed by atoms with Crippen LogP contribution in [0.3, 0.4) is 0 Å². The second kappa shape index (κ2) is 6.17. The van der Waals surface area contributed by atoms with Crippen LogP contribution in [0.4, 0.5) is 5.69 Å². The molecule has 2 rings (SSSR count). The Hall–Kier alpha value is -0.870. The van der Waals surface area contributed by atoms with Gasteiger partial charge in [-0.1, -0.05) is 22.0 Å². The molecule has 92 valence electrons. The number of halogens is 1. The Morgan fingerprint density at radius 3 is 3.12 bits per heavy atom. The van der Waals surface area contributed by atoms with Crippen LogP contribution in [0, 0.1) is 5.92 Å². The molecule has 1 unspecified atom stereocenters. The molecule has 4 heteroatoms. The SMILES string of the molecule is O=C(CC1CCCNC1)Nc1cccc(Br)c1. The molecule has 1 aromatic carbocycles. The lowest BCUT2D eigenvalue weighted by Gasteiger charge is -2.22. The van der Waals surface area contributed by atoms with Gasteiger partial charge in [0.05, 0.1) is 0 Å². The second-order valence-electron chi connectivity index (χ2n) is 4.48. The van der Waals surface area contributed by atoms with Crippen LogP contribution in [-0.4, -0.2) is 19.0 Å². The predicted molar refractivity (Wildman–Crippen MR) is 73.0 cm³/mol. The van der Waals surface area contributed by atoms with Gasteiger partial charge in [0.1, 0.15) is 0 Å². The maximum atomic E-state index is 11.8. The zero-order chi connectivity index (χ0) is 12.1. The lowest BCUT2D eigenvalue weighted by atomic mass is 9.96. The summed E-state index contributed by atoms with van der Waals surface area (Å²) in [6, 6.07) is 7.68. The van der Waals surface area contributed by atoms with E-state index in [1.165, 1.54) is 6.42 Å². The molecule has 0 bridgehead atoms. The summed E-state index contributed by atoms with van der Waals surface area (Å²) in [6.45, 7) is 2.05. The largest absolute Gasteiger partial charge is 0.326 e. The van der Waals surface area contributed by atoms with Gasteiger partial charge in [0, 0.05) is 16.6 Å². The fourth-order valence-corrected chi connectivity index (χ4v) is 2.54. The molecule has 0 spiro atoms. The second-order valence-corrected chi connectivity index (χ2v) is 5.39. The normalized spacial score (nSPS) is 19.9. The fraction of sp³-hybridized carbons (Fsp3) is 0.462. The molecule has 1 heterocycles. The summed E-state index contributed by atoms with van der Waals surface area (Å²) in [6.07, 6.45) is 2.94. The van der Waals surface area contributed by atoms with Gasteiger partial charge in [-0.15, -0.1) is 0 Å². The van der Waals surface area contributed by atoms with E-state index in [1.54, 1.807) is 0 Å². The zero-order valence-electron chi connectivity index (χ0n) is 9.71. The number of hydrogen-bond acceptors (Lipinski definition) is 2. The summed E-state index contributed by atoms with van der Waals surface area (Å²) in [5.74, 6) is 0.590. The summed E-state index contributed by atoms with van der Waals surface area (Å²) in [7, 11) is 0. The van der Waals surface area contributed by atoms with Gasteiger partial charge in [-0.25, -0.2) is 0 Å². The lowest BCUT2D eigenvalue weighted by molar-refractivity contribution is -0.117. The van der Waals surface area contributed by atoms with Crippen LogP contribution in [0.1, 0.15) is 19.3 Å². The Morgan fingerprint density at radius 2 is 2.41 bits per heavy atom. The molecule has 0 saturated carbocycles. The highest BCUT2D eigenvalue weighted by Gasteiger charge is 2.16. The molecule has 3 nitrogen and oxygen atoms in total. The van der Waals surface area contributed by atoms with Crippen molar-refractivity contribution in [2.24, 2.45) is 5.92 Å². The number of carbonyl (C=O) groups is 1. The maximum absolute atomic E-state index is 11.8. The first-order valence-electron chi connectivity index (χ1n) is 6.00. The molecule has 1 aromatic rings. The van der Waals surface area contributed by atoms with Crippen LogP contribution in [0.15, 0.2) is 28.7 Å². The molecule has 1 aliphatic heterocycles. The van der Waals surface area contributed by atoms with Gasteiger partial charge in [0.2, 0.25) is 5.91 Å². The molecular weight excluding hydrogens is 280 g/mol. The standard InChI is InChI=1S/C13H17BrN2O/c14-11-4-1-5-12(8-11)16-13(17)7-10-3-2-6-15-9-10/h1,4-5,8,10,15H,2-3,6-7,9H2,(H,16,17). The molecular formula is C13H17BrN2O. The quantitative estimate of drug-likeness (QED) is 0.900. The summed E-state index contributed by atoms with van der Waals surface area (Å²) in [5, 5.41) is 6.26. The Morgan fingerprint density at radius 1 is 1.53 bits per heavy atom. The molecule has 0 radical (unpaired) electrons. The Balaban J connectivity index is 1.84. The van der Waals surface area contributed by atoms with Crippen molar-refractivity contribution < 1.29 is 4.79 Å². The maximum Gasteiger partial charge on any atom is 0.224 e. The van der Waals surface area contributed by atoms with Crippen molar-refractivity contribution in [2.75, 3.05) is 18.4 Å². The number of nitrogens with one attached hydrogen (secondary N) is 2. The first kappa shape index (κ1) is 12.6. The van der Waals surface area contributed by atoms with Crippen LogP contribution in [0.2, 0.25) is 0 Å². The third-order valence-electron chi connectivity index (χ3n) is 2.98. The van der Waals surface area contributed by atoms with E-state index in [-0.39, 0.29) is 5.91 Å². The number of anilines is 1. The van der Waals surface area contributed by atoms with E-state index in [0.717, 1.165) is 29.7 Å². The highest BCUT2D eigenvalue weighted by molar-refractivity contribution is 9.10. The van der Waals surface area contributed by atoms with E-state index in [9.17, 15) is 4.79 Å². The van der Waals surface area contributed by atoms with Crippen molar-refractivity contribution in [3.63, 3.8) is 0 Å². The number of hydrogen-bond donors (Lipinski definition) is 2. The molecule has 1 saturated heterocycles. The summed E-state index contributed by atoms with van der Waals surface area (Å²) in [4.78, 5) is 11.8. The topological polar surface area (TPSA) is 41.1 Å². The van der Waals surface area contributed by atoms with Crippen LogP contribution < -0.4 is 10.6 Å². The third-order valence-corrected chi connectivity index (χ3v) is 3.47. The average molecular weight is 297 g/mol. The molecule has 1 amide bonds. The Kier molecular flexibility index (Phi) is 4.57. The van der Waals surface area contributed by atoms with Crippen molar-refractivity contribution in [2.45, 2.75) is 19.3 Å². The monoisotopic (exact) mass is 296 g/mol. The van der Waals surface area contributed by atoms with Gasteiger partial charge in [0.15, 0.2) is 0 Å². The molecule has 1 atom stereocenters. The van der Waals surface area contributed by atoms with Crippen LogP contribution >= 0.6 is 15.9 Å². The first-order valence-corrected chi connectivity index (χ1v) is 6.79. The summed E-state index contributed by atoms with van der Waals surface area (Å²) < 4.78 is 0.981. The van der Waals surface area contributed by atoms with E-state index in [0.29, 0.717) is 12.3 Å². The number of carbonyl (C=O) groups excluding carboxylic acids is 1. The number of piperidine rings is 1. The number of benzene rings is 1. The number of rotatable bonds is 3. The van der Waals surface area contributed by atoms with Gasteiger partial charge in [-0.05, 0) is 50.0 Å². The molecule has 1 aliphatic rings. The van der Waals surface area contributed by atoms with Gasteiger partial charge in [-0.2, -0.15) is 0 Å². The average Bonchev–Trinajstić information content (AvgIpc) is 2.30. The van der Waals surface area contributed by atoms with E-state index in [2.05, 4.69) is 26.6 Å². The van der Waals surface area contributed by atoms with Crippen LogP contribution in [-0.2, 0) is 4.79 Å². The van der Waals surface area contributed by atoms with Gasteiger partial charge in [0.25, 0.3) is 0 Å². The third kappa shape index (κ3) is 4.13. The highest BCUT2D eigenvalue weighted by atomic mass is 79.9. The Bertz CT molecular complexity index is 389. The van der Waals surface area contributed by atoms with Gasteiger partial charge < -0.3 is 10.6 Å². The van der Waals surface area contributed by atoms with Crippen molar-refractivity contribution in [1.82, 2.24) is 5.32 Å². The van der Waals surface area contributed by atoms with E-state index >= 15 is 0 Å². The molecule has 17 heavy (non-hydrogen) atoms. The minimum atomic E-state index is 0.108.